The van der Waals surface area contributed by atoms with E-state index < -0.39 is 0 Å². The lowest BCUT2D eigenvalue weighted by molar-refractivity contribution is 0.0879. The molecule has 4 heterocycles. The molecule has 1 aromatic heterocycles. The van der Waals surface area contributed by atoms with Crippen LogP contribution in [0.3, 0.4) is 0 Å². The zero-order chi connectivity index (χ0) is 17.7. The van der Waals surface area contributed by atoms with Crippen LogP contribution in [0.15, 0.2) is 34.7 Å². The van der Waals surface area contributed by atoms with Gasteiger partial charge in [-0.25, -0.2) is 0 Å². The smallest absolute Gasteiger partial charge is 0.272 e. The molecule has 2 atom stereocenters. The minimum atomic E-state index is -0.104. The van der Waals surface area contributed by atoms with Crippen LogP contribution in [-0.4, -0.2) is 46.2 Å². The monoisotopic (exact) mass is 350 g/mol. The first-order valence-corrected chi connectivity index (χ1v) is 9.01. The zero-order valence-corrected chi connectivity index (χ0v) is 14.5. The normalized spacial score (nSPS) is 27.6. The quantitative estimate of drug-likeness (QED) is 0.887. The highest BCUT2D eigenvalue weighted by molar-refractivity contribution is 6.05. The molecule has 5 rings (SSSR count). The average molecular weight is 350 g/mol. The molecule has 0 spiro atoms. The van der Waals surface area contributed by atoms with Gasteiger partial charge in [-0.3, -0.25) is 9.89 Å². The third-order valence-corrected chi connectivity index (χ3v) is 5.89. The van der Waals surface area contributed by atoms with E-state index in [4.69, 9.17) is 0 Å². The number of carbonyl (C=O) groups is 1. The van der Waals surface area contributed by atoms with Gasteiger partial charge in [0.15, 0.2) is 5.69 Å². The fourth-order valence-corrected chi connectivity index (χ4v) is 4.45. The summed E-state index contributed by atoms with van der Waals surface area (Å²) in [5.74, 6) is -0.104. The summed E-state index contributed by atoms with van der Waals surface area (Å²) in [4.78, 5) is 15.2. The van der Waals surface area contributed by atoms with Gasteiger partial charge >= 0.3 is 0 Å². The summed E-state index contributed by atoms with van der Waals surface area (Å²) in [5, 5.41) is 18.8. The maximum atomic E-state index is 12.8. The Morgan fingerprint density at radius 1 is 1.27 bits per heavy atom. The van der Waals surface area contributed by atoms with Gasteiger partial charge in [0.1, 0.15) is 5.70 Å². The third kappa shape index (κ3) is 2.48. The van der Waals surface area contributed by atoms with Gasteiger partial charge in [-0.2, -0.15) is 5.10 Å². The Morgan fingerprint density at radius 3 is 2.81 bits per heavy atom. The fraction of sp³-hybridized carbons (Fsp3) is 0.444. The van der Waals surface area contributed by atoms with Gasteiger partial charge in [-0.15, -0.1) is 10.5 Å². The van der Waals surface area contributed by atoms with Gasteiger partial charge < -0.3 is 10.2 Å². The van der Waals surface area contributed by atoms with Crippen LogP contribution in [-0.2, 0) is 0 Å². The lowest BCUT2D eigenvalue weighted by atomic mass is 9.98. The Hall–Kier alpha value is -2.74. The number of aromatic amines is 1. The van der Waals surface area contributed by atoms with E-state index in [9.17, 15) is 4.79 Å². The van der Waals surface area contributed by atoms with E-state index in [1.807, 2.05) is 18.2 Å². The summed E-state index contributed by atoms with van der Waals surface area (Å²) in [6.07, 6.45) is 6.13. The number of nitrogens with one attached hydrogen (secondary N) is 2. The van der Waals surface area contributed by atoms with E-state index >= 15 is 0 Å². The van der Waals surface area contributed by atoms with Crippen molar-refractivity contribution < 1.29 is 4.79 Å². The Morgan fingerprint density at radius 2 is 2.08 bits per heavy atom. The summed E-state index contributed by atoms with van der Waals surface area (Å²) in [6, 6.07) is 7.15. The number of rotatable bonds is 3. The molecule has 3 aliphatic heterocycles. The number of benzene rings is 1. The van der Waals surface area contributed by atoms with Crippen molar-refractivity contribution >= 4 is 22.5 Å². The molecule has 133 valence electrons. The molecule has 2 N–H and O–H groups in total. The van der Waals surface area contributed by atoms with Gasteiger partial charge in [0.05, 0.1) is 11.7 Å². The topological polar surface area (TPSA) is 99.8 Å². The van der Waals surface area contributed by atoms with E-state index in [1.165, 1.54) is 12.8 Å². The van der Waals surface area contributed by atoms with E-state index in [0.29, 0.717) is 23.5 Å². The molecule has 1 radical (unpaired) electrons. The minimum Gasteiger partial charge on any atom is -0.348 e. The largest absolute Gasteiger partial charge is 0.348 e. The standard InChI is InChI=1S/C18H20N7O/c1-25-12-3-4-13(25)8-11(7-12)20-18(26)17-14-5-2-10(6-15(14)21-23-17)16-9-19-24-22-16/h2,5-6,9,11-13H,3-4,7-8H2,1H3,(H,20,26)(H,21,23). The second-order valence-corrected chi connectivity index (χ2v) is 7.34. The predicted molar refractivity (Wildman–Crippen MR) is 96.1 cm³/mol. The number of nitrogens with zero attached hydrogens (tertiary/aromatic N) is 5. The molecule has 0 aliphatic carbocycles. The predicted octanol–water partition coefficient (Wildman–Crippen LogP) is 2.20. The van der Waals surface area contributed by atoms with Crippen LogP contribution in [0, 0.1) is 0 Å². The molecule has 8 heteroatoms. The van der Waals surface area contributed by atoms with Crippen molar-refractivity contribution in [3.05, 3.63) is 35.7 Å². The average Bonchev–Trinajstić information content (AvgIpc) is 3.34. The van der Waals surface area contributed by atoms with E-state index in [0.717, 1.165) is 29.3 Å². The highest BCUT2D eigenvalue weighted by Crippen LogP contribution is 2.34. The summed E-state index contributed by atoms with van der Waals surface area (Å²) < 4.78 is 0. The Labute approximate surface area is 150 Å². The molecule has 3 aliphatic rings. The summed E-state index contributed by atoms with van der Waals surface area (Å²) in [5.41, 5.74) is 6.60. The second-order valence-electron chi connectivity index (χ2n) is 7.34. The molecule has 2 unspecified atom stereocenters. The highest BCUT2D eigenvalue weighted by atomic mass is 16.2. The van der Waals surface area contributed by atoms with E-state index in [-0.39, 0.29) is 11.9 Å². The SMILES string of the molecule is CN1C2CCC1CC(NC(=O)c1n[nH]c3cc(C4=C[N]N=N4)ccc13)C2. The van der Waals surface area contributed by atoms with Crippen LogP contribution in [0.4, 0.5) is 0 Å². The molecule has 26 heavy (non-hydrogen) atoms. The Bertz CT molecular complexity index is 917. The first kappa shape index (κ1) is 15.5. The molecule has 2 bridgehead atoms. The first-order valence-electron chi connectivity index (χ1n) is 9.01. The number of hydrogen-bond donors (Lipinski definition) is 2. The highest BCUT2D eigenvalue weighted by Gasteiger charge is 2.39. The number of piperidine rings is 1. The maximum Gasteiger partial charge on any atom is 0.272 e. The van der Waals surface area contributed by atoms with Crippen LogP contribution in [0.1, 0.15) is 41.7 Å². The molecular weight excluding hydrogens is 330 g/mol. The van der Waals surface area contributed by atoms with Gasteiger partial charge in [0, 0.05) is 29.1 Å². The molecule has 0 saturated carbocycles. The van der Waals surface area contributed by atoms with Gasteiger partial charge in [0.25, 0.3) is 5.91 Å². The number of fused-ring (bicyclic) bond motifs is 3. The lowest BCUT2D eigenvalue weighted by Gasteiger charge is -2.36. The molecule has 1 aromatic carbocycles. The van der Waals surface area contributed by atoms with Gasteiger partial charge in [-0.05, 0) is 50.1 Å². The Kier molecular flexibility index (Phi) is 3.53. The van der Waals surface area contributed by atoms with Crippen LogP contribution in [0.2, 0.25) is 0 Å². The molecule has 1 amide bonds. The molecule has 2 aromatic rings. The van der Waals surface area contributed by atoms with Crippen LogP contribution in [0.5, 0.6) is 0 Å². The Balaban J connectivity index is 1.35. The van der Waals surface area contributed by atoms with E-state index in [2.05, 4.69) is 43.2 Å². The second kappa shape index (κ2) is 5.91. The van der Waals surface area contributed by atoms with Crippen LogP contribution in [0.25, 0.3) is 16.6 Å². The van der Waals surface area contributed by atoms with Crippen molar-refractivity contribution in [1.29, 1.82) is 0 Å². The molecule has 8 nitrogen and oxygen atoms in total. The zero-order valence-electron chi connectivity index (χ0n) is 14.5. The molecule has 2 saturated heterocycles. The van der Waals surface area contributed by atoms with Crippen molar-refractivity contribution in [2.75, 3.05) is 7.05 Å². The summed E-state index contributed by atoms with van der Waals surface area (Å²) >= 11 is 0. The summed E-state index contributed by atoms with van der Waals surface area (Å²) in [7, 11) is 2.20. The van der Waals surface area contributed by atoms with Crippen molar-refractivity contribution in [2.45, 2.75) is 43.8 Å². The van der Waals surface area contributed by atoms with Crippen molar-refractivity contribution in [3.8, 4) is 0 Å². The number of H-pyrrole nitrogens is 1. The maximum absolute atomic E-state index is 12.8. The fourth-order valence-electron chi connectivity index (χ4n) is 4.45. The number of carbonyl (C=O) groups excluding carboxylic acids is 1. The van der Waals surface area contributed by atoms with Crippen LogP contribution < -0.4 is 10.7 Å². The molecule has 2 fully saturated rings. The summed E-state index contributed by atoms with van der Waals surface area (Å²) in [6.45, 7) is 0. The van der Waals surface area contributed by atoms with E-state index in [1.54, 1.807) is 6.20 Å². The van der Waals surface area contributed by atoms with Crippen molar-refractivity contribution in [3.63, 3.8) is 0 Å². The lowest BCUT2D eigenvalue weighted by Crippen LogP contribution is -2.48. The number of aromatic nitrogens is 2. The molecular formula is C18H20N7O. The van der Waals surface area contributed by atoms with Crippen molar-refractivity contribution in [1.82, 2.24) is 25.8 Å². The van der Waals surface area contributed by atoms with Gasteiger partial charge in [-0.1, -0.05) is 6.07 Å². The third-order valence-electron chi connectivity index (χ3n) is 5.89. The van der Waals surface area contributed by atoms with Crippen LogP contribution >= 0.6 is 0 Å². The minimum absolute atomic E-state index is 0.104. The number of hydrogen-bond acceptors (Lipinski definition) is 5. The first-order chi connectivity index (χ1) is 12.7. The van der Waals surface area contributed by atoms with Gasteiger partial charge in [0.2, 0.25) is 0 Å². The number of amides is 1. The van der Waals surface area contributed by atoms with Crippen molar-refractivity contribution in [2.24, 2.45) is 10.3 Å².